The molecule has 1 aliphatic carbocycles. The zero-order valence-electron chi connectivity index (χ0n) is 15.0. The van der Waals surface area contributed by atoms with Crippen molar-refractivity contribution in [2.45, 2.75) is 63.2 Å². The molecule has 1 amide bonds. The highest BCUT2D eigenvalue weighted by Crippen LogP contribution is 2.55. The standard InChI is InChI=1S/C20H28N2O3/c1-13-15(7-9-24-13)19(23)21-10-16-17-11-22(14-4-2-3-5-14)12-20(17)8-6-18(16)25-20/h7,9,14,16-18H,2-6,8,10-12H2,1H3,(H,21,23)/t16-,17+,18+,20+/m0/s1. The Labute approximate surface area is 149 Å². The Hall–Kier alpha value is -1.33. The average molecular weight is 344 g/mol. The van der Waals surface area contributed by atoms with E-state index in [2.05, 4.69) is 10.2 Å². The fourth-order valence-corrected chi connectivity index (χ4v) is 5.97. The van der Waals surface area contributed by atoms with Gasteiger partial charge in [-0.2, -0.15) is 0 Å². The van der Waals surface area contributed by atoms with E-state index in [-0.39, 0.29) is 11.5 Å². The summed E-state index contributed by atoms with van der Waals surface area (Å²) in [6, 6.07) is 2.52. The summed E-state index contributed by atoms with van der Waals surface area (Å²) in [7, 11) is 0. The largest absolute Gasteiger partial charge is 0.469 e. The number of rotatable bonds is 4. The summed E-state index contributed by atoms with van der Waals surface area (Å²) in [6.07, 6.45) is 9.74. The third kappa shape index (κ3) is 2.47. The van der Waals surface area contributed by atoms with Crippen LogP contribution in [-0.4, -0.2) is 48.2 Å². The molecular weight excluding hydrogens is 316 g/mol. The zero-order chi connectivity index (χ0) is 17.0. The van der Waals surface area contributed by atoms with E-state index in [1.807, 2.05) is 6.92 Å². The first-order valence-electron chi connectivity index (χ1n) is 9.90. The van der Waals surface area contributed by atoms with Crippen molar-refractivity contribution in [1.82, 2.24) is 10.2 Å². The number of hydrogen-bond acceptors (Lipinski definition) is 4. The third-order valence-electron chi connectivity index (χ3n) is 7.25. The Kier molecular flexibility index (Phi) is 3.72. The lowest BCUT2D eigenvalue weighted by Crippen LogP contribution is -2.41. The van der Waals surface area contributed by atoms with Crippen LogP contribution in [0.1, 0.15) is 54.6 Å². The first-order chi connectivity index (χ1) is 12.2. The molecule has 3 saturated heterocycles. The molecule has 0 aromatic carbocycles. The molecule has 4 aliphatic rings. The minimum absolute atomic E-state index is 0.0197. The highest BCUT2D eigenvalue weighted by Gasteiger charge is 2.63. The van der Waals surface area contributed by atoms with E-state index in [9.17, 15) is 4.79 Å². The molecule has 0 unspecified atom stereocenters. The maximum absolute atomic E-state index is 12.4. The molecule has 5 rings (SSSR count). The summed E-state index contributed by atoms with van der Waals surface area (Å²) >= 11 is 0. The van der Waals surface area contributed by atoms with Gasteiger partial charge in [-0.05, 0) is 38.7 Å². The van der Waals surface area contributed by atoms with Crippen LogP contribution in [0.5, 0.6) is 0 Å². The monoisotopic (exact) mass is 344 g/mol. The van der Waals surface area contributed by atoms with Gasteiger partial charge in [0.2, 0.25) is 0 Å². The van der Waals surface area contributed by atoms with Crippen molar-refractivity contribution in [3.8, 4) is 0 Å². The highest BCUT2D eigenvalue weighted by atomic mass is 16.5. The number of nitrogens with one attached hydrogen (secondary N) is 1. The predicted molar refractivity (Wildman–Crippen MR) is 93.4 cm³/mol. The molecule has 1 aromatic heterocycles. The van der Waals surface area contributed by atoms with Crippen LogP contribution in [0.15, 0.2) is 16.7 Å². The number of fused-ring (bicyclic) bond motifs is 1. The lowest BCUT2D eigenvalue weighted by Gasteiger charge is -2.29. The number of nitrogens with zero attached hydrogens (tertiary/aromatic N) is 1. The lowest BCUT2D eigenvalue weighted by atomic mass is 9.73. The minimum Gasteiger partial charge on any atom is -0.469 e. The van der Waals surface area contributed by atoms with Crippen molar-refractivity contribution >= 4 is 5.91 Å². The van der Waals surface area contributed by atoms with Crippen molar-refractivity contribution < 1.29 is 13.9 Å². The molecule has 1 saturated carbocycles. The highest BCUT2D eigenvalue weighted by molar-refractivity contribution is 5.95. The Morgan fingerprint density at radius 1 is 1.36 bits per heavy atom. The maximum Gasteiger partial charge on any atom is 0.254 e. The predicted octanol–water partition coefficient (Wildman–Crippen LogP) is 2.74. The molecule has 2 bridgehead atoms. The van der Waals surface area contributed by atoms with Gasteiger partial charge in [0.15, 0.2) is 0 Å². The van der Waals surface area contributed by atoms with Crippen LogP contribution in [-0.2, 0) is 4.74 Å². The molecular formula is C20H28N2O3. The van der Waals surface area contributed by atoms with E-state index in [0.717, 1.165) is 32.1 Å². The number of amides is 1. The van der Waals surface area contributed by atoms with E-state index in [4.69, 9.17) is 9.15 Å². The van der Waals surface area contributed by atoms with Gasteiger partial charge in [0, 0.05) is 37.5 Å². The van der Waals surface area contributed by atoms with E-state index in [1.165, 1.54) is 32.1 Å². The van der Waals surface area contributed by atoms with Gasteiger partial charge in [0.1, 0.15) is 5.76 Å². The number of furan rings is 1. The van der Waals surface area contributed by atoms with E-state index < -0.39 is 0 Å². The molecule has 5 nitrogen and oxygen atoms in total. The second kappa shape index (κ2) is 5.85. The zero-order valence-corrected chi connectivity index (χ0v) is 15.0. The van der Waals surface area contributed by atoms with Crippen LogP contribution in [0.3, 0.4) is 0 Å². The molecule has 5 heteroatoms. The second-order valence-corrected chi connectivity index (χ2v) is 8.50. The van der Waals surface area contributed by atoms with Crippen molar-refractivity contribution in [2.24, 2.45) is 11.8 Å². The Morgan fingerprint density at radius 2 is 2.20 bits per heavy atom. The Balaban J connectivity index is 1.27. The summed E-state index contributed by atoms with van der Waals surface area (Å²) in [6.45, 7) is 4.83. The van der Waals surface area contributed by atoms with Crippen molar-refractivity contribution in [3.63, 3.8) is 0 Å². The number of hydrogen-bond donors (Lipinski definition) is 1. The number of carbonyl (C=O) groups excluding carboxylic acids is 1. The first kappa shape index (κ1) is 15.9. The van der Waals surface area contributed by atoms with Gasteiger partial charge in [-0.25, -0.2) is 0 Å². The van der Waals surface area contributed by atoms with Crippen LogP contribution in [0, 0.1) is 18.8 Å². The second-order valence-electron chi connectivity index (χ2n) is 8.50. The topological polar surface area (TPSA) is 54.7 Å². The van der Waals surface area contributed by atoms with Crippen molar-refractivity contribution in [1.29, 1.82) is 0 Å². The summed E-state index contributed by atoms with van der Waals surface area (Å²) < 4.78 is 11.8. The maximum atomic E-state index is 12.4. The van der Waals surface area contributed by atoms with Gasteiger partial charge in [0.25, 0.3) is 5.91 Å². The van der Waals surface area contributed by atoms with E-state index >= 15 is 0 Å². The van der Waals surface area contributed by atoms with Crippen LogP contribution in [0.25, 0.3) is 0 Å². The molecule has 4 fully saturated rings. The Bertz CT molecular complexity index is 666. The SMILES string of the molecule is Cc1occc1C(=O)NC[C@H]1[C@H]2CN(C3CCCC3)C[C@]23CC[C@H]1O3. The van der Waals surface area contributed by atoms with Crippen LogP contribution < -0.4 is 5.32 Å². The van der Waals surface area contributed by atoms with E-state index in [0.29, 0.717) is 29.3 Å². The summed E-state index contributed by atoms with van der Waals surface area (Å²) in [5.41, 5.74) is 0.728. The third-order valence-corrected chi connectivity index (χ3v) is 7.25. The Morgan fingerprint density at radius 3 is 2.96 bits per heavy atom. The number of aryl methyl sites for hydroxylation is 1. The number of carbonyl (C=O) groups is 1. The molecule has 0 radical (unpaired) electrons. The van der Waals surface area contributed by atoms with E-state index in [1.54, 1.807) is 12.3 Å². The average Bonchev–Trinajstić information content (AvgIpc) is 3.37. The van der Waals surface area contributed by atoms with Gasteiger partial charge in [-0.3, -0.25) is 9.69 Å². The molecule has 3 aliphatic heterocycles. The van der Waals surface area contributed by atoms with Gasteiger partial charge in [-0.1, -0.05) is 12.8 Å². The van der Waals surface area contributed by atoms with Crippen LogP contribution in [0.4, 0.5) is 0 Å². The molecule has 1 aromatic rings. The van der Waals surface area contributed by atoms with Crippen LogP contribution >= 0.6 is 0 Å². The van der Waals surface area contributed by atoms with Crippen molar-refractivity contribution in [2.75, 3.05) is 19.6 Å². The van der Waals surface area contributed by atoms with Gasteiger partial charge < -0.3 is 14.5 Å². The molecule has 4 heterocycles. The fourth-order valence-electron chi connectivity index (χ4n) is 5.97. The molecule has 25 heavy (non-hydrogen) atoms. The molecule has 4 atom stereocenters. The van der Waals surface area contributed by atoms with Gasteiger partial charge in [-0.15, -0.1) is 0 Å². The molecule has 136 valence electrons. The summed E-state index contributed by atoms with van der Waals surface area (Å²) in [4.78, 5) is 15.1. The smallest absolute Gasteiger partial charge is 0.254 e. The number of likely N-dealkylation sites (tertiary alicyclic amines) is 1. The molecule has 1 spiro atoms. The summed E-state index contributed by atoms with van der Waals surface area (Å²) in [5.74, 6) is 1.70. The van der Waals surface area contributed by atoms with Crippen LogP contribution in [0.2, 0.25) is 0 Å². The van der Waals surface area contributed by atoms with Crippen molar-refractivity contribution in [3.05, 3.63) is 23.7 Å². The minimum atomic E-state index is -0.0197. The van der Waals surface area contributed by atoms with Gasteiger partial charge in [0.05, 0.1) is 23.5 Å². The first-order valence-corrected chi connectivity index (χ1v) is 9.90. The quantitative estimate of drug-likeness (QED) is 0.912. The number of ether oxygens (including phenoxy) is 1. The lowest BCUT2D eigenvalue weighted by molar-refractivity contribution is -0.000874. The van der Waals surface area contributed by atoms with Gasteiger partial charge >= 0.3 is 0 Å². The normalized spacial score (nSPS) is 37.7. The molecule has 1 N–H and O–H groups in total. The summed E-state index contributed by atoms with van der Waals surface area (Å²) in [5, 5.41) is 3.15. The fraction of sp³-hybridized carbons (Fsp3) is 0.750.